The molecule has 74 heavy (non-hydrogen) atoms. The quantitative estimate of drug-likeness (QED) is 0.0515. The van der Waals surface area contributed by atoms with Crippen LogP contribution in [0.15, 0.2) is 212 Å². The normalized spacial score (nSPS) is 26.0. The molecule has 2 heterocycles. The minimum absolute atomic E-state index is 0.0858. The van der Waals surface area contributed by atoms with Crippen LogP contribution in [-0.2, 0) is 93.6 Å². The van der Waals surface area contributed by atoms with Crippen LogP contribution in [0, 0.1) is 0 Å². The third-order valence-electron chi connectivity index (χ3n) is 13.7. The predicted molar refractivity (Wildman–Crippen MR) is 283 cm³/mol. The fourth-order valence-electron chi connectivity index (χ4n) is 9.77. The highest BCUT2D eigenvalue weighted by Gasteiger charge is 2.86. The Balaban J connectivity index is 1.05. The number of hydrogen-bond acceptors (Lipinski definition) is 10. The van der Waals surface area contributed by atoms with Crippen molar-refractivity contribution in [3.8, 4) is 0 Å². The van der Waals surface area contributed by atoms with Gasteiger partial charge in [0.2, 0.25) is 0 Å². The maximum absolute atomic E-state index is 7.54. The monoisotopic (exact) mass is 1040 g/mol. The van der Waals surface area contributed by atoms with Crippen molar-refractivity contribution < 1.29 is 47.4 Å². The van der Waals surface area contributed by atoms with E-state index < -0.39 is 65.1 Å². The van der Waals surface area contributed by atoms with Gasteiger partial charge in [-0.15, -0.1) is 0 Å². The van der Waals surface area contributed by atoms with Gasteiger partial charge in [-0.05, 0) is 38.9 Å². The molecule has 10 nitrogen and oxygen atoms in total. The number of fused-ring (bicyclic) bond motifs is 1. The van der Waals surface area contributed by atoms with Crippen LogP contribution in [0.3, 0.4) is 0 Å². The van der Waals surface area contributed by atoms with Gasteiger partial charge in [0.15, 0.2) is 16.2 Å². The standard InChI is InChI=1S/C62H62Cl2O10/c63-62(64)60-61(62,71-42-51-34-20-7-21-35-51)58(70-41-50-32-18-6-19-33-50)55(53(73-60)44-66-37-46-24-10-2-11-25-46)74-59-57(69-40-49-30-16-5-17-31-49)56(68-39-48-28-14-4-15-29-48)54(67-38-47-26-12-3-13-27-47)52(72-59)43-65-36-45-22-8-1-9-23-45/h1-35,52-60H,36-44H2/t52-,53-,54-,55-,56+,57-,58+,59-,60+,61+/m1/s1. The third-order valence-corrected chi connectivity index (χ3v) is 14.7. The molecule has 1 saturated carbocycles. The highest BCUT2D eigenvalue weighted by Crippen LogP contribution is 2.67. The molecule has 10 atom stereocenters. The number of rotatable bonds is 25. The molecule has 0 unspecified atom stereocenters. The number of alkyl halides is 2. The molecule has 12 heteroatoms. The van der Waals surface area contributed by atoms with Crippen LogP contribution in [0.4, 0.5) is 0 Å². The van der Waals surface area contributed by atoms with E-state index >= 15 is 0 Å². The molecule has 0 amide bonds. The summed E-state index contributed by atoms with van der Waals surface area (Å²) in [5, 5.41) is 0. The molecule has 10 rings (SSSR count). The Bertz CT molecular complexity index is 2710. The molecular formula is C62H62Cl2O10. The lowest BCUT2D eigenvalue weighted by Crippen LogP contribution is -2.65. The maximum atomic E-state index is 7.54. The summed E-state index contributed by atoms with van der Waals surface area (Å²) in [6, 6.07) is 69.9. The van der Waals surface area contributed by atoms with Crippen molar-refractivity contribution in [1.82, 2.24) is 0 Å². The lowest BCUT2D eigenvalue weighted by molar-refractivity contribution is -0.359. The minimum atomic E-state index is -1.55. The van der Waals surface area contributed by atoms with Gasteiger partial charge in [0.05, 0.1) is 59.5 Å². The lowest BCUT2D eigenvalue weighted by atomic mass is 9.95. The fourth-order valence-corrected chi connectivity index (χ4v) is 10.6. The highest BCUT2D eigenvalue weighted by molar-refractivity contribution is 6.53. The molecule has 0 aromatic heterocycles. The molecule has 2 saturated heterocycles. The van der Waals surface area contributed by atoms with Crippen LogP contribution in [0.1, 0.15) is 38.9 Å². The number of hydrogen-bond donors (Lipinski definition) is 0. The molecule has 0 bridgehead atoms. The Morgan fingerprint density at radius 2 is 0.689 bits per heavy atom. The molecular weight excluding hydrogens is 976 g/mol. The molecule has 1 aliphatic carbocycles. The average Bonchev–Trinajstić information content (AvgIpc) is 4.09. The van der Waals surface area contributed by atoms with Crippen LogP contribution in [0.25, 0.3) is 0 Å². The van der Waals surface area contributed by atoms with E-state index in [1.165, 1.54) is 0 Å². The van der Waals surface area contributed by atoms with Gasteiger partial charge >= 0.3 is 0 Å². The minimum Gasteiger partial charge on any atom is -0.374 e. The van der Waals surface area contributed by atoms with Crippen molar-refractivity contribution in [2.75, 3.05) is 13.2 Å². The van der Waals surface area contributed by atoms with Gasteiger partial charge < -0.3 is 47.4 Å². The van der Waals surface area contributed by atoms with Gasteiger partial charge in [0.1, 0.15) is 48.8 Å². The Morgan fingerprint density at radius 3 is 1.11 bits per heavy atom. The number of ether oxygens (including phenoxy) is 10. The molecule has 0 N–H and O–H groups in total. The van der Waals surface area contributed by atoms with Crippen molar-refractivity contribution in [2.45, 2.75) is 111 Å². The van der Waals surface area contributed by atoms with Crippen molar-refractivity contribution in [2.24, 2.45) is 0 Å². The van der Waals surface area contributed by atoms with Gasteiger partial charge in [-0.3, -0.25) is 0 Å². The number of halogens is 2. The van der Waals surface area contributed by atoms with Crippen LogP contribution in [-0.4, -0.2) is 78.3 Å². The molecule has 7 aromatic rings. The van der Waals surface area contributed by atoms with E-state index in [9.17, 15) is 0 Å². The van der Waals surface area contributed by atoms with E-state index in [2.05, 4.69) is 0 Å². The Hall–Kier alpha value is -5.28. The topological polar surface area (TPSA) is 92.3 Å². The first-order valence-corrected chi connectivity index (χ1v) is 26.1. The maximum Gasteiger partial charge on any atom is 0.187 e. The van der Waals surface area contributed by atoms with Crippen molar-refractivity contribution in [3.05, 3.63) is 251 Å². The molecule has 2 aliphatic heterocycles. The van der Waals surface area contributed by atoms with E-state index in [-0.39, 0.29) is 46.2 Å². The average molecular weight is 1040 g/mol. The summed E-state index contributed by atoms with van der Waals surface area (Å²) in [7, 11) is 0. The van der Waals surface area contributed by atoms with Crippen LogP contribution in [0.2, 0.25) is 0 Å². The Labute approximate surface area is 444 Å². The Morgan fingerprint density at radius 1 is 0.351 bits per heavy atom. The zero-order chi connectivity index (χ0) is 50.4. The third kappa shape index (κ3) is 12.9. The molecule has 3 fully saturated rings. The fraction of sp³-hybridized carbons (Fsp3) is 0.323. The Kier molecular flexibility index (Phi) is 18.0. The first kappa shape index (κ1) is 52.2. The van der Waals surface area contributed by atoms with Gasteiger partial charge in [-0.1, -0.05) is 236 Å². The molecule has 3 aliphatic rings. The summed E-state index contributed by atoms with van der Waals surface area (Å²) in [5.41, 5.74) is 5.37. The summed E-state index contributed by atoms with van der Waals surface area (Å²) in [4.78, 5) is 0. The van der Waals surface area contributed by atoms with Crippen molar-refractivity contribution >= 4 is 23.2 Å². The van der Waals surface area contributed by atoms with Gasteiger partial charge in [0.25, 0.3) is 0 Å². The van der Waals surface area contributed by atoms with E-state index in [0.29, 0.717) is 13.2 Å². The van der Waals surface area contributed by atoms with Gasteiger partial charge in [0, 0.05) is 0 Å². The SMILES string of the molecule is ClC1(Cl)[C@H]2O[C@H](COCc3ccccc3)[C@@H](O[C@H]3O[C@H](COCc4ccccc4)[C@@H](OCc4ccccc4)[C@H](OCc4ccccc4)[C@H]3OCc3ccccc3)[C@H](OCc3ccccc3)[C@]21OCc1ccccc1. The van der Waals surface area contributed by atoms with Crippen molar-refractivity contribution in [1.29, 1.82) is 0 Å². The van der Waals surface area contributed by atoms with Crippen molar-refractivity contribution in [3.63, 3.8) is 0 Å². The molecule has 0 spiro atoms. The second kappa shape index (κ2) is 25.5. The highest BCUT2D eigenvalue weighted by atomic mass is 35.5. The van der Waals surface area contributed by atoms with E-state index in [1.54, 1.807) is 0 Å². The van der Waals surface area contributed by atoms with Crippen LogP contribution < -0.4 is 0 Å². The first-order valence-electron chi connectivity index (χ1n) is 25.3. The summed E-state index contributed by atoms with van der Waals surface area (Å²) in [5.74, 6) is 0. The number of benzene rings is 7. The van der Waals surface area contributed by atoms with Crippen LogP contribution in [0.5, 0.6) is 0 Å². The van der Waals surface area contributed by atoms with E-state index in [0.717, 1.165) is 38.9 Å². The predicted octanol–water partition coefficient (Wildman–Crippen LogP) is 11.8. The largest absolute Gasteiger partial charge is 0.374 e. The lowest BCUT2D eigenvalue weighted by Gasteiger charge is -2.49. The zero-order valence-electron chi connectivity index (χ0n) is 41.1. The molecule has 7 aromatic carbocycles. The first-order chi connectivity index (χ1) is 36.4. The van der Waals surface area contributed by atoms with E-state index in [4.69, 9.17) is 70.6 Å². The van der Waals surface area contributed by atoms with Gasteiger partial charge in [-0.2, -0.15) is 0 Å². The second-order valence-corrected chi connectivity index (χ2v) is 20.3. The molecule has 0 radical (unpaired) electrons. The van der Waals surface area contributed by atoms with Crippen LogP contribution >= 0.6 is 23.2 Å². The zero-order valence-corrected chi connectivity index (χ0v) is 42.6. The summed E-state index contributed by atoms with van der Waals surface area (Å²) in [6.07, 6.45) is -7.78. The summed E-state index contributed by atoms with van der Waals surface area (Å²) in [6.45, 7) is 1.95. The van der Waals surface area contributed by atoms with Gasteiger partial charge in [-0.25, -0.2) is 0 Å². The summed E-state index contributed by atoms with van der Waals surface area (Å²) < 4.78 is 68.6. The second-order valence-electron chi connectivity index (χ2n) is 18.9. The summed E-state index contributed by atoms with van der Waals surface area (Å²) >= 11 is 14.9. The van der Waals surface area contributed by atoms with E-state index in [1.807, 2.05) is 212 Å². The molecule has 384 valence electrons. The smallest absolute Gasteiger partial charge is 0.187 e.